The van der Waals surface area contributed by atoms with E-state index in [4.69, 9.17) is 0 Å². The van der Waals surface area contributed by atoms with Gasteiger partial charge in [-0.15, -0.1) is 0 Å². The zero-order valence-corrected chi connectivity index (χ0v) is 9.26. The van der Waals surface area contributed by atoms with Crippen molar-refractivity contribution in [2.45, 2.75) is 12.3 Å². The van der Waals surface area contributed by atoms with E-state index in [1.165, 1.54) is 5.56 Å². The predicted octanol–water partition coefficient (Wildman–Crippen LogP) is 2.15. The molecule has 0 radical (unpaired) electrons. The Morgan fingerprint density at radius 1 is 1.29 bits per heavy atom. The maximum absolute atomic E-state index is 11.9. The topological polar surface area (TPSA) is 57.8 Å². The van der Waals surface area contributed by atoms with E-state index in [0.717, 1.165) is 6.42 Å². The van der Waals surface area contributed by atoms with Crippen LogP contribution in [0.15, 0.2) is 42.6 Å². The number of aromatic amines is 1. The number of nitrogens with one attached hydrogen (secondary N) is 2. The molecule has 1 aromatic carbocycles. The third-order valence-corrected chi connectivity index (χ3v) is 3.11. The van der Waals surface area contributed by atoms with Crippen molar-refractivity contribution in [3.8, 4) is 0 Å². The standard InChI is InChI=1S/C13H13N3O/c17-13(15-12-6-7-14-16-12)11-8-10(11)9-4-2-1-3-5-9/h1-7,10-11H,8H2,(H2,14,15,16,17). The van der Waals surface area contributed by atoms with Crippen LogP contribution in [0.4, 0.5) is 5.82 Å². The Morgan fingerprint density at radius 2 is 2.12 bits per heavy atom. The van der Waals surface area contributed by atoms with Gasteiger partial charge in [-0.1, -0.05) is 30.3 Å². The lowest BCUT2D eigenvalue weighted by Crippen LogP contribution is -2.14. The molecule has 2 aromatic rings. The summed E-state index contributed by atoms with van der Waals surface area (Å²) >= 11 is 0. The van der Waals surface area contributed by atoms with Crippen molar-refractivity contribution in [3.63, 3.8) is 0 Å². The van der Waals surface area contributed by atoms with Crippen LogP contribution in [-0.4, -0.2) is 16.1 Å². The minimum Gasteiger partial charge on any atom is -0.311 e. The highest BCUT2D eigenvalue weighted by molar-refractivity contribution is 5.94. The van der Waals surface area contributed by atoms with Gasteiger partial charge in [0, 0.05) is 12.0 Å². The van der Waals surface area contributed by atoms with Crippen molar-refractivity contribution >= 4 is 11.7 Å². The van der Waals surface area contributed by atoms with Gasteiger partial charge in [-0.2, -0.15) is 5.10 Å². The maximum Gasteiger partial charge on any atom is 0.229 e. The number of carbonyl (C=O) groups excluding carboxylic acids is 1. The monoisotopic (exact) mass is 227 g/mol. The van der Waals surface area contributed by atoms with Crippen LogP contribution in [0.1, 0.15) is 17.9 Å². The summed E-state index contributed by atoms with van der Waals surface area (Å²) in [6.07, 6.45) is 2.56. The Morgan fingerprint density at radius 3 is 2.82 bits per heavy atom. The summed E-state index contributed by atoms with van der Waals surface area (Å²) in [5.41, 5.74) is 1.25. The Hall–Kier alpha value is -2.10. The number of amides is 1. The number of benzene rings is 1. The summed E-state index contributed by atoms with van der Waals surface area (Å²) in [4.78, 5) is 11.9. The molecule has 2 unspecified atom stereocenters. The number of nitrogens with zero attached hydrogens (tertiary/aromatic N) is 1. The zero-order chi connectivity index (χ0) is 11.7. The van der Waals surface area contributed by atoms with E-state index in [0.29, 0.717) is 11.7 Å². The second-order valence-electron chi connectivity index (χ2n) is 4.32. The van der Waals surface area contributed by atoms with Gasteiger partial charge in [0.2, 0.25) is 5.91 Å². The lowest BCUT2D eigenvalue weighted by atomic mass is 10.1. The lowest BCUT2D eigenvalue weighted by molar-refractivity contribution is -0.117. The van der Waals surface area contributed by atoms with E-state index in [9.17, 15) is 4.79 Å². The molecule has 1 heterocycles. The van der Waals surface area contributed by atoms with Crippen LogP contribution in [0.3, 0.4) is 0 Å². The van der Waals surface area contributed by atoms with Gasteiger partial charge in [-0.3, -0.25) is 9.89 Å². The molecular formula is C13H13N3O. The molecule has 0 saturated heterocycles. The molecule has 0 bridgehead atoms. The van der Waals surface area contributed by atoms with Gasteiger partial charge < -0.3 is 5.32 Å². The van der Waals surface area contributed by atoms with Crippen LogP contribution in [0, 0.1) is 5.92 Å². The van der Waals surface area contributed by atoms with Gasteiger partial charge in [0.05, 0.1) is 6.20 Å². The largest absolute Gasteiger partial charge is 0.311 e. The third-order valence-electron chi connectivity index (χ3n) is 3.11. The molecule has 2 N–H and O–H groups in total. The predicted molar refractivity (Wildman–Crippen MR) is 64.5 cm³/mol. The van der Waals surface area contributed by atoms with Gasteiger partial charge in [-0.25, -0.2) is 0 Å². The summed E-state index contributed by atoms with van der Waals surface area (Å²) in [6, 6.07) is 11.9. The van der Waals surface area contributed by atoms with E-state index in [1.807, 2.05) is 18.2 Å². The highest BCUT2D eigenvalue weighted by Crippen LogP contribution is 2.47. The van der Waals surface area contributed by atoms with Gasteiger partial charge in [0.1, 0.15) is 5.82 Å². The van der Waals surface area contributed by atoms with Gasteiger partial charge >= 0.3 is 0 Å². The number of carbonyl (C=O) groups is 1. The summed E-state index contributed by atoms with van der Waals surface area (Å²) in [5.74, 6) is 1.21. The lowest BCUT2D eigenvalue weighted by Gasteiger charge is -2.01. The minimum atomic E-state index is 0.0723. The molecule has 1 saturated carbocycles. The van der Waals surface area contributed by atoms with E-state index < -0.39 is 0 Å². The minimum absolute atomic E-state index is 0.0723. The van der Waals surface area contributed by atoms with E-state index in [1.54, 1.807) is 12.3 Å². The van der Waals surface area contributed by atoms with Crippen LogP contribution < -0.4 is 5.32 Å². The van der Waals surface area contributed by atoms with Crippen LogP contribution in [-0.2, 0) is 4.79 Å². The van der Waals surface area contributed by atoms with Gasteiger partial charge in [0.25, 0.3) is 0 Å². The molecule has 4 nitrogen and oxygen atoms in total. The molecule has 1 amide bonds. The summed E-state index contributed by atoms with van der Waals surface area (Å²) < 4.78 is 0. The molecule has 1 aromatic heterocycles. The highest BCUT2D eigenvalue weighted by Gasteiger charge is 2.43. The smallest absolute Gasteiger partial charge is 0.229 e. The van der Waals surface area contributed by atoms with Crippen LogP contribution in [0.25, 0.3) is 0 Å². The molecule has 17 heavy (non-hydrogen) atoms. The van der Waals surface area contributed by atoms with Crippen molar-refractivity contribution < 1.29 is 4.79 Å². The molecule has 4 heteroatoms. The molecule has 1 aliphatic rings. The first-order chi connectivity index (χ1) is 8.34. The first-order valence-electron chi connectivity index (χ1n) is 5.70. The van der Waals surface area contributed by atoms with Crippen LogP contribution >= 0.6 is 0 Å². The maximum atomic E-state index is 11.9. The number of aromatic nitrogens is 2. The average Bonchev–Trinajstić information content (AvgIpc) is 3.02. The Kier molecular flexibility index (Phi) is 2.40. The van der Waals surface area contributed by atoms with Crippen molar-refractivity contribution in [2.75, 3.05) is 5.32 Å². The van der Waals surface area contributed by atoms with Crippen molar-refractivity contribution in [1.29, 1.82) is 0 Å². The van der Waals surface area contributed by atoms with E-state index >= 15 is 0 Å². The molecular weight excluding hydrogens is 214 g/mol. The molecule has 0 aliphatic heterocycles. The number of hydrogen-bond donors (Lipinski definition) is 2. The first-order valence-corrected chi connectivity index (χ1v) is 5.70. The van der Waals surface area contributed by atoms with Crippen molar-refractivity contribution in [3.05, 3.63) is 48.2 Å². The number of hydrogen-bond acceptors (Lipinski definition) is 2. The molecule has 1 fully saturated rings. The fraction of sp³-hybridized carbons (Fsp3) is 0.231. The number of H-pyrrole nitrogens is 1. The molecule has 2 atom stereocenters. The molecule has 0 spiro atoms. The second-order valence-corrected chi connectivity index (χ2v) is 4.32. The summed E-state index contributed by atoms with van der Waals surface area (Å²) in [5, 5.41) is 9.34. The van der Waals surface area contributed by atoms with E-state index in [-0.39, 0.29) is 11.8 Å². The van der Waals surface area contributed by atoms with Gasteiger partial charge in [0.15, 0.2) is 0 Å². The Labute approximate surface area is 99.1 Å². The van der Waals surface area contributed by atoms with Crippen LogP contribution in [0.5, 0.6) is 0 Å². The zero-order valence-electron chi connectivity index (χ0n) is 9.26. The SMILES string of the molecule is O=C(Nc1ccn[nH]1)C1CC1c1ccccc1. The third kappa shape index (κ3) is 2.06. The Balaban J connectivity index is 1.63. The van der Waals surface area contributed by atoms with Crippen LogP contribution in [0.2, 0.25) is 0 Å². The normalized spacial score (nSPS) is 22.1. The highest BCUT2D eigenvalue weighted by atomic mass is 16.2. The van der Waals surface area contributed by atoms with Crippen molar-refractivity contribution in [2.24, 2.45) is 5.92 Å². The van der Waals surface area contributed by atoms with Crippen molar-refractivity contribution in [1.82, 2.24) is 10.2 Å². The second kappa shape index (κ2) is 4.05. The van der Waals surface area contributed by atoms with E-state index in [2.05, 4.69) is 27.6 Å². The fourth-order valence-corrected chi connectivity index (χ4v) is 2.10. The molecule has 3 rings (SSSR count). The number of rotatable bonds is 3. The molecule has 1 aliphatic carbocycles. The fourth-order valence-electron chi connectivity index (χ4n) is 2.10. The first kappa shape index (κ1) is 10.1. The molecule has 86 valence electrons. The average molecular weight is 227 g/mol. The number of anilines is 1. The van der Waals surface area contributed by atoms with Gasteiger partial charge in [-0.05, 0) is 17.9 Å². The summed E-state index contributed by atoms with van der Waals surface area (Å²) in [7, 11) is 0. The summed E-state index contributed by atoms with van der Waals surface area (Å²) in [6.45, 7) is 0. The quantitative estimate of drug-likeness (QED) is 0.844. The Bertz CT molecular complexity index is 507.